The fourth-order valence-electron chi connectivity index (χ4n) is 14.5. The van der Waals surface area contributed by atoms with Gasteiger partial charge in [0, 0.05) is 25.7 Å². The van der Waals surface area contributed by atoms with Gasteiger partial charge in [-0.3, -0.25) is 37.3 Å². The van der Waals surface area contributed by atoms with Gasteiger partial charge < -0.3 is 33.8 Å². The predicted molar refractivity (Wildman–Crippen MR) is 460 cm³/mol. The molecule has 0 fully saturated rings. The summed E-state index contributed by atoms with van der Waals surface area (Å²) in [4.78, 5) is 73.5. The average Bonchev–Trinajstić information content (AvgIpc) is 0.899. The molecular weight excluding hydrogens is 1440 g/mol. The van der Waals surface area contributed by atoms with Crippen LogP contribution in [-0.4, -0.2) is 96.7 Å². The fraction of sp³-hybridized carbons (Fsp3) is 0.957. The normalized spacial score (nSPS) is 13.7. The van der Waals surface area contributed by atoms with E-state index in [9.17, 15) is 43.2 Å². The lowest BCUT2D eigenvalue weighted by Gasteiger charge is -2.21. The molecule has 0 aromatic heterocycles. The van der Waals surface area contributed by atoms with Gasteiger partial charge >= 0.3 is 39.5 Å². The molecule has 0 saturated carbocycles. The quantitative estimate of drug-likeness (QED) is 0.0222. The number of esters is 4. The van der Waals surface area contributed by atoms with Crippen LogP contribution in [0, 0.1) is 11.8 Å². The Hall–Kier alpha value is -1.94. The monoisotopic (exact) mass is 1620 g/mol. The number of phosphoric acid groups is 2. The third-order valence-electron chi connectivity index (χ3n) is 21.7. The highest BCUT2D eigenvalue weighted by Gasteiger charge is 2.31. The summed E-state index contributed by atoms with van der Waals surface area (Å²) in [5.41, 5.74) is 0. The third kappa shape index (κ3) is 85.8. The molecule has 17 nitrogen and oxygen atoms in total. The van der Waals surface area contributed by atoms with E-state index in [0.29, 0.717) is 25.7 Å². The molecule has 0 radical (unpaired) electrons. The summed E-state index contributed by atoms with van der Waals surface area (Å²) in [7, 11) is -9.94. The van der Waals surface area contributed by atoms with Crippen LogP contribution in [0.5, 0.6) is 0 Å². The fourth-order valence-corrected chi connectivity index (χ4v) is 16.1. The molecule has 0 amide bonds. The van der Waals surface area contributed by atoms with E-state index in [4.69, 9.17) is 37.0 Å². The summed E-state index contributed by atoms with van der Waals surface area (Å²) in [6.45, 7) is 9.77. The maximum atomic E-state index is 13.2. The minimum Gasteiger partial charge on any atom is -0.462 e. The van der Waals surface area contributed by atoms with Gasteiger partial charge in [0.25, 0.3) is 0 Å². The standard InChI is InChI=1S/C92H180O17P2/c1-7-9-11-13-15-17-19-21-22-23-24-25-26-27-28-33-40-46-52-58-64-70-76-91(96)108-88(81-103-90(95)75-69-63-57-51-45-39-32-30-29-31-37-42-48-54-60-66-72-84(3)4)83-107-111(100,101)105-79-86(93)78-104-110(98,99)106-82-87(80-102-89(94)74-68-62-56-50-44-36-20-18-16-14-12-10-8-2)109-92(97)77-71-65-59-53-47-41-35-34-38-43-49-55-61-67-73-85(5)6/h84-88,93H,7-83H2,1-6H3,(H,98,99)(H,100,101)/t86-,87+,88+/m0/s1. The molecule has 0 spiro atoms. The third-order valence-corrected chi connectivity index (χ3v) is 23.6. The van der Waals surface area contributed by atoms with E-state index in [1.54, 1.807) is 0 Å². The van der Waals surface area contributed by atoms with Crippen LogP contribution < -0.4 is 0 Å². The van der Waals surface area contributed by atoms with E-state index in [2.05, 4.69) is 41.5 Å². The lowest BCUT2D eigenvalue weighted by atomic mass is 10.0. The van der Waals surface area contributed by atoms with Crippen LogP contribution in [0.25, 0.3) is 0 Å². The van der Waals surface area contributed by atoms with Gasteiger partial charge in [-0.25, -0.2) is 9.13 Å². The number of hydrogen-bond acceptors (Lipinski definition) is 15. The van der Waals surface area contributed by atoms with Crippen molar-refractivity contribution in [2.24, 2.45) is 11.8 Å². The van der Waals surface area contributed by atoms with Crippen LogP contribution in [0.3, 0.4) is 0 Å². The van der Waals surface area contributed by atoms with Gasteiger partial charge in [-0.05, 0) is 37.5 Å². The van der Waals surface area contributed by atoms with Gasteiger partial charge in [0.05, 0.1) is 26.4 Å². The molecule has 111 heavy (non-hydrogen) atoms. The number of carbonyl (C=O) groups excluding carboxylic acids is 4. The Bertz CT molecular complexity index is 2120. The van der Waals surface area contributed by atoms with E-state index < -0.39 is 97.5 Å². The van der Waals surface area contributed by atoms with E-state index in [-0.39, 0.29) is 25.7 Å². The van der Waals surface area contributed by atoms with Crippen molar-refractivity contribution in [3.63, 3.8) is 0 Å². The van der Waals surface area contributed by atoms with Crippen LogP contribution in [0.2, 0.25) is 0 Å². The number of rotatable bonds is 91. The number of ether oxygens (including phenoxy) is 4. The average molecular weight is 1620 g/mol. The maximum absolute atomic E-state index is 13.2. The number of phosphoric ester groups is 2. The molecule has 0 rings (SSSR count). The van der Waals surface area contributed by atoms with Crippen molar-refractivity contribution in [3.8, 4) is 0 Å². The largest absolute Gasteiger partial charge is 0.472 e. The van der Waals surface area contributed by atoms with E-state index >= 15 is 0 Å². The second-order valence-corrected chi connectivity index (χ2v) is 36.9. The first kappa shape index (κ1) is 109. The molecule has 3 N–H and O–H groups in total. The molecule has 5 atom stereocenters. The Labute approximate surface area is 683 Å². The molecule has 0 aromatic carbocycles. The van der Waals surface area contributed by atoms with E-state index in [1.165, 1.54) is 315 Å². The zero-order valence-corrected chi connectivity index (χ0v) is 75.1. The zero-order valence-electron chi connectivity index (χ0n) is 73.3. The molecule has 0 aliphatic rings. The molecule has 0 saturated heterocycles. The molecule has 2 unspecified atom stereocenters. The van der Waals surface area contributed by atoms with Gasteiger partial charge in [0.1, 0.15) is 19.3 Å². The molecule has 0 bridgehead atoms. The minimum absolute atomic E-state index is 0.108. The lowest BCUT2D eigenvalue weighted by molar-refractivity contribution is -0.161. The summed E-state index contributed by atoms with van der Waals surface area (Å²) >= 11 is 0. The van der Waals surface area contributed by atoms with Gasteiger partial charge in [0.15, 0.2) is 12.2 Å². The highest BCUT2D eigenvalue weighted by Crippen LogP contribution is 2.45. The summed E-state index contributed by atoms with van der Waals surface area (Å²) < 4.78 is 69.1. The van der Waals surface area contributed by atoms with Crippen molar-refractivity contribution < 1.29 is 80.2 Å². The van der Waals surface area contributed by atoms with Crippen LogP contribution >= 0.6 is 15.6 Å². The second kappa shape index (κ2) is 83.1. The number of aliphatic hydroxyl groups excluding tert-OH is 1. The van der Waals surface area contributed by atoms with Crippen LogP contribution in [0.4, 0.5) is 0 Å². The molecule has 19 heteroatoms. The van der Waals surface area contributed by atoms with Crippen molar-refractivity contribution in [2.45, 2.75) is 516 Å². The summed E-state index contributed by atoms with van der Waals surface area (Å²) in [5, 5.41) is 10.7. The van der Waals surface area contributed by atoms with Gasteiger partial charge in [-0.15, -0.1) is 0 Å². The maximum Gasteiger partial charge on any atom is 0.472 e. The SMILES string of the molecule is CCCCCCCCCCCCCCCCCCCCCCCCC(=O)O[C@H](COC(=O)CCCCCCCCCCCCCCCCCCC(C)C)COP(=O)(O)OC[C@@H](O)COP(=O)(O)OC[C@@H](COC(=O)CCCCCCCCCCCCCCC)OC(=O)CCCCCCCCCCCCCCCCC(C)C. The Kier molecular flexibility index (Phi) is 81.7. The van der Waals surface area contributed by atoms with Gasteiger partial charge in [-0.1, -0.05) is 446 Å². The Morgan fingerprint density at radius 1 is 0.243 bits per heavy atom. The van der Waals surface area contributed by atoms with Crippen LogP contribution in [0.15, 0.2) is 0 Å². The lowest BCUT2D eigenvalue weighted by Crippen LogP contribution is -2.30. The first-order valence-corrected chi connectivity index (χ1v) is 50.5. The molecule has 0 aliphatic carbocycles. The highest BCUT2D eigenvalue weighted by molar-refractivity contribution is 7.47. The topological polar surface area (TPSA) is 237 Å². The summed E-state index contributed by atoms with van der Waals surface area (Å²) in [6, 6.07) is 0. The smallest absolute Gasteiger partial charge is 0.462 e. The number of carbonyl (C=O) groups is 4. The molecule has 660 valence electrons. The first-order chi connectivity index (χ1) is 53.9. The van der Waals surface area contributed by atoms with Crippen molar-refractivity contribution in [1.82, 2.24) is 0 Å². The van der Waals surface area contributed by atoms with E-state index in [1.807, 2.05) is 0 Å². The molecular formula is C92H180O17P2. The number of hydrogen-bond donors (Lipinski definition) is 3. The van der Waals surface area contributed by atoms with Crippen molar-refractivity contribution in [2.75, 3.05) is 39.6 Å². The summed E-state index contributed by atoms with van der Waals surface area (Å²) in [6.07, 6.45) is 77.8. The first-order valence-electron chi connectivity index (χ1n) is 47.5. The Balaban J connectivity index is 5.25. The van der Waals surface area contributed by atoms with Crippen LogP contribution in [0.1, 0.15) is 497 Å². The van der Waals surface area contributed by atoms with Crippen LogP contribution in [-0.2, 0) is 65.4 Å². The predicted octanol–water partition coefficient (Wildman–Crippen LogP) is 28.6. The Morgan fingerprint density at radius 2 is 0.414 bits per heavy atom. The van der Waals surface area contributed by atoms with Crippen molar-refractivity contribution in [1.29, 1.82) is 0 Å². The Morgan fingerprint density at radius 3 is 0.613 bits per heavy atom. The molecule has 0 aliphatic heterocycles. The van der Waals surface area contributed by atoms with Crippen molar-refractivity contribution in [3.05, 3.63) is 0 Å². The highest BCUT2D eigenvalue weighted by atomic mass is 31.2. The number of aliphatic hydroxyl groups is 1. The summed E-state index contributed by atoms with van der Waals surface area (Å²) in [5.74, 6) is -0.485. The van der Waals surface area contributed by atoms with E-state index in [0.717, 1.165) is 102 Å². The second-order valence-electron chi connectivity index (χ2n) is 34.0. The van der Waals surface area contributed by atoms with Gasteiger partial charge in [0.2, 0.25) is 0 Å². The molecule has 0 aromatic rings. The van der Waals surface area contributed by atoms with Crippen molar-refractivity contribution >= 4 is 39.5 Å². The number of unbranched alkanes of at least 4 members (excludes halogenated alkanes) is 61. The molecule has 0 heterocycles. The zero-order chi connectivity index (χ0) is 81.3. The van der Waals surface area contributed by atoms with Gasteiger partial charge in [-0.2, -0.15) is 0 Å². The minimum atomic E-state index is -4.97.